The highest BCUT2D eigenvalue weighted by Gasteiger charge is 2.59. The minimum absolute atomic E-state index is 0.0634. The smallest absolute Gasteiger partial charge is 0.366 e. The molecular weight excluding hydrogens is 758 g/mol. The molecule has 3 rings (SSSR count). The van der Waals surface area contributed by atoms with E-state index in [9.17, 15) is 38.4 Å². The van der Waals surface area contributed by atoms with Gasteiger partial charge < -0.3 is 58.6 Å². The van der Waals surface area contributed by atoms with Crippen LogP contribution < -0.4 is 16.0 Å². The Hall–Kier alpha value is -5.62. The zero-order valence-electron chi connectivity index (χ0n) is 32.2. The van der Waals surface area contributed by atoms with Crippen molar-refractivity contribution in [3.63, 3.8) is 0 Å². The van der Waals surface area contributed by atoms with Crippen molar-refractivity contribution < 1.29 is 81.0 Å². The van der Waals surface area contributed by atoms with Crippen LogP contribution in [0.5, 0.6) is 0 Å². The number of carbonyl (C=O) groups is 8. The molecule has 0 radical (unpaired) electrons. The topological polar surface area (TPSA) is 256 Å². The van der Waals surface area contributed by atoms with Crippen LogP contribution in [0.25, 0.3) is 0 Å². The van der Waals surface area contributed by atoms with Crippen LogP contribution in [0.2, 0.25) is 0 Å². The second-order valence-electron chi connectivity index (χ2n) is 12.7. The Bertz CT molecular complexity index is 1690. The third-order valence-electron chi connectivity index (χ3n) is 8.19. The minimum Gasteiger partial charge on any atom is -0.465 e. The first kappa shape index (κ1) is 45.8. The van der Waals surface area contributed by atoms with E-state index in [4.69, 9.17) is 49.1 Å². The molecule has 0 aliphatic carbocycles. The van der Waals surface area contributed by atoms with Crippen molar-refractivity contribution in [2.24, 2.45) is 0 Å². The summed E-state index contributed by atoms with van der Waals surface area (Å²) in [6, 6.07) is 3.47. The summed E-state index contributed by atoms with van der Waals surface area (Å²) < 4.78 is 49.5. The van der Waals surface area contributed by atoms with E-state index in [2.05, 4.69) is 21.9 Å². The van der Waals surface area contributed by atoms with Gasteiger partial charge in [-0.05, 0) is 17.2 Å². The fraction of sp³-hybridized carbons (Fsp3) is 0.568. The maximum atomic E-state index is 13.6. The van der Waals surface area contributed by atoms with Crippen LogP contribution in [0.1, 0.15) is 45.2 Å². The summed E-state index contributed by atoms with van der Waals surface area (Å²) >= 11 is 0. The number of benzene rings is 1. The Kier molecular flexibility index (Phi) is 17.8. The van der Waals surface area contributed by atoms with Crippen LogP contribution in [-0.2, 0) is 93.8 Å². The van der Waals surface area contributed by atoms with Gasteiger partial charge in [0.15, 0.2) is 18.8 Å². The molecule has 1 fully saturated rings. The van der Waals surface area contributed by atoms with Gasteiger partial charge in [0, 0.05) is 33.4 Å². The normalized spacial score (nSPS) is 20.6. The number of terminal acetylenes is 1. The second-order valence-corrected chi connectivity index (χ2v) is 12.7. The van der Waals surface area contributed by atoms with Crippen LogP contribution in [0.4, 0.5) is 5.69 Å². The molecule has 312 valence electrons. The summed E-state index contributed by atoms with van der Waals surface area (Å²) in [5, 5.41) is 7.86. The summed E-state index contributed by atoms with van der Waals surface area (Å²) in [5.41, 5.74) is 1.89. The maximum Gasteiger partial charge on any atom is 0.366 e. The molecule has 57 heavy (non-hydrogen) atoms. The Balaban J connectivity index is 2.02. The van der Waals surface area contributed by atoms with Crippen molar-refractivity contribution in [3.05, 3.63) is 29.3 Å². The predicted octanol–water partition coefficient (Wildman–Crippen LogP) is -0.976. The molecule has 20 heteroatoms. The molecule has 3 amide bonds. The van der Waals surface area contributed by atoms with Crippen LogP contribution >= 0.6 is 0 Å². The third kappa shape index (κ3) is 14.4. The van der Waals surface area contributed by atoms with Crippen molar-refractivity contribution in [1.29, 1.82) is 0 Å². The average Bonchev–Trinajstić information content (AvgIpc) is 3.52. The SMILES string of the molecule is C#CCOCCOCCO[C@]1(C(=O)OC)C[C@H](OC(C)=O)[C@@H](NC(=O)COC(C)=O)[C@H]([C@H](OC(C)=O)[C@@H](CNC(=O)Cc2ccc3c(c2)CC(=O)N3)OC(C)=O)O1. The summed E-state index contributed by atoms with van der Waals surface area (Å²) in [6.07, 6.45) is -2.14. The Morgan fingerprint density at radius 1 is 0.947 bits per heavy atom. The van der Waals surface area contributed by atoms with E-state index in [0.717, 1.165) is 34.8 Å². The molecule has 6 atom stereocenters. The first-order valence-corrected chi connectivity index (χ1v) is 17.7. The van der Waals surface area contributed by atoms with Crippen molar-refractivity contribution in [3.8, 4) is 12.3 Å². The zero-order chi connectivity index (χ0) is 42.1. The number of nitrogens with one attached hydrogen (secondary N) is 3. The summed E-state index contributed by atoms with van der Waals surface area (Å²) in [6.45, 7) is 2.70. The van der Waals surface area contributed by atoms with Crippen LogP contribution in [0.3, 0.4) is 0 Å². The number of methoxy groups -OCH3 is 1. The van der Waals surface area contributed by atoms with Crippen LogP contribution in [0, 0.1) is 12.3 Å². The number of ether oxygens (including phenoxy) is 9. The molecule has 20 nitrogen and oxygen atoms in total. The lowest BCUT2D eigenvalue weighted by Crippen LogP contribution is -2.70. The molecule has 0 unspecified atom stereocenters. The number of anilines is 1. The number of fused-ring (bicyclic) bond motifs is 1. The van der Waals surface area contributed by atoms with Gasteiger partial charge in [-0.2, -0.15) is 0 Å². The van der Waals surface area contributed by atoms with E-state index in [1.807, 2.05) is 0 Å². The Morgan fingerprint density at radius 3 is 2.30 bits per heavy atom. The van der Waals surface area contributed by atoms with E-state index >= 15 is 0 Å². The molecule has 0 spiro atoms. The summed E-state index contributed by atoms with van der Waals surface area (Å²) in [7, 11) is 1.02. The van der Waals surface area contributed by atoms with Crippen molar-refractivity contribution in [2.75, 3.05) is 58.6 Å². The van der Waals surface area contributed by atoms with Crippen molar-refractivity contribution >= 4 is 53.3 Å². The van der Waals surface area contributed by atoms with E-state index in [0.29, 0.717) is 16.8 Å². The first-order valence-electron chi connectivity index (χ1n) is 17.7. The van der Waals surface area contributed by atoms with Gasteiger partial charge in [0.2, 0.25) is 11.8 Å². The first-order chi connectivity index (χ1) is 27.1. The quantitative estimate of drug-likeness (QED) is 0.0584. The molecule has 0 bridgehead atoms. The van der Waals surface area contributed by atoms with Gasteiger partial charge in [-0.15, -0.1) is 6.42 Å². The largest absolute Gasteiger partial charge is 0.465 e. The Labute approximate surface area is 328 Å². The molecule has 3 N–H and O–H groups in total. The minimum atomic E-state index is -2.44. The van der Waals surface area contributed by atoms with Gasteiger partial charge in [-0.3, -0.25) is 33.6 Å². The number of esters is 5. The van der Waals surface area contributed by atoms with Gasteiger partial charge >= 0.3 is 29.8 Å². The van der Waals surface area contributed by atoms with Gasteiger partial charge in [-0.1, -0.05) is 18.1 Å². The van der Waals surface area contributed by atoms with E-state index in [-0.39, 0.29) is 51.8 Å². The number of hydrogen-bond donors (Lipinski definition) is 3. The number of hydrogen-bond acceptors (Lipinski definition) is 17. The number of carbonyl (C=O) groups excluding carboxylic acids is 8. The van der Waals surface area contributed by atoms with E-state index in [1.165, 1.54) is 0 Å². The molecule has 0 saturated carbocycles. The lowest BCUT2D eigenvalue weighted by Gasteiger charge is -2.48. The molecular formula is C37H47N3O17. The highest BCUT2D eigenvalue weighted by Crippen LogP contribution is 2.37. The average molecular weight is 806 g/mol. The van der Waals surface area contributed by atoms with Crippen LogP contribution in [-0.4, -0.2) is 137 Å². The standard InChI is InChI=1S/C37H47N3O17/c1-7-10-50-11-12-51-13-14-53-37(36(48)49-6)18-28(54-22(3)42)33(40-32(47)20-52-21(2)41)35(57-37)34(56-24(5)44)29(55-23(4)43)19-38-30(45)16-25-8-9-27-26(15-25)17-31(46)39-27/h1,8-9,15,28-29,33-35H,10-14,16-20H2,2-6H3,(H,38,45)(H,39,46)(H,40,47)/t28-,29+,33+,34+,35+,37+/m0/s1. The molecule has 1 aromatic carbocycles. The van der Waals surface area contributed by atoms with Crippen LogP contribution in [0.15, 0.2) is 18.2 Å². The molecule has 2 aliphatic heterocycles. The van der Waals surface area contributed by atoms with Crippen molar-refractivity contribution in [1.82, 2.24) is 10.6 Å². The summed E-state index contributed by atoms with van der Waals surface area (Å²) in [5.74, 6) is -6.50. The summed E-state index contributed by atoms with van der Waals surface area (Å²) in [4.78, 5) is 101. The lowest BCUT2D eigenvalue weighted by molar-refractivity contribution is -0.315. The van der Waals surface area contributed by atoms with Gasteiger partial charge in [0.05, 0.1) is 65.4 Å². The molecule has 1 saturated heterocycles. The second kappa shape index (κ2) is 22.2. The third-order valence-corrected chi connectivity index (χ3v) is 8.19. The van der Waals surface area contributed by atoms with E-state index in [1.54, 1.807) is 18.2 Å². The van der Waals surface area contributed by atoms with Gasteiger partial charge in [0.1, 0.15) is 18.8 Å². The number of amides is 3. The van der Waals surface area contributed by atoms with Gasteiger partial charge in [0.25, 0.3) is 11.7 Å². The fourth-order valence-electron chi connectivity index (χ4n) is 6.01. The molecule has 1 aromatic rings. The highest BCUT2D eigenvalue weighted by molar-refractivity contribution is 5.99. The highest BCUT2D eigenvalue weighted by atomic mass is 16.7. The molecule has 2 aliphatic rings. The van der Waals surface area contributed by atoms with Gasteiger partial charge in [-0.25, -0.2) is 4.79 Å². The lowest BCUT2D eigenvalue weighted by atomic mass is 9.87. The Morgan fingerprint density at radius 2 is 1.65 bits per heavy atom. The molecule has 0 aromatic heterocycles. The number of rotatable bonds is 21. The monoisotopic (exact) mass is 805 g/mol. The predicted molar refractivity (Wildman–Crippen MR) is 191 cm³/mol. The zero-order valence-corrected chi connectivity index (χ0v) is 32.2. The van der Waals surface area contributed by atoms with Crippen molar-refractivity contribution in [2.45, 2.75) is 83.2 Å². The maximum absolute atomic E-state index is 13.6. The van der Waals surface area contributed by atoms with E-state index < -0.39 is 97.5 Å². The molecule has 2 heterocycles. The fourth-order valence-corrected chi connectivity index (χ4v) is 6.01.